The fourth-order valence-corrected chi connectivity index (χ4v) is 3.36. The van der Waals surface area contributed by atoms with Gasteiger partial charge < -0.3 is 5.32 Å². The normalized spacial score (nSPS) is 20.2. The van der Waals surface area contributed by atoms with Crippen LogP contribution in [0, 0.1) is 12.8 Å². The molecule has 1 fully saturated rings. The van der Waals surface area contributed by atoms with Gasteiger partial charge in [-0.1, -0.05) is 49.6 Å². The Hall–Kier alpha value is -2.43. The summed E-state index contributed by atoms with van der Waals surface area (Å²) in [6, 6.07) is 11.3. The zero-order valence-corrected chi connectivity index (χ0v) is 14.9. The van der Waals surface area contributed by atoms with Crippen LogP contribution in [0.1, 0.15) is 38.2 Å². The first-order valence-electron chi connectivity index (χ1n) is 8.97. The average molecular weight is 339 g/mol. The van der Waals surface area contributed by atoms with Crippen molar-refractivity contribution >= 4 is 5.91 Å². The lowest BCUT2D eigenvalue weighted by Crippen LogP contribution is -2.43. The van der Waals surface area contributed by atoms with Crippen molar-refractivity contribution in [2.75, 3.05) is 0 Å². The largest absolute Gasteiger partial charge is 0.351 e. The van der Waals surface area contributed by atoms with E-state index < -0.39 is 0 Å². The van der Waals surface area contributed by atoms with Crippen LogP contribution in [0.15, 0.2) is 41.2 Å². The highest BCUT2D eigenvalue weighted by molar-refractivity contribution is 5.76. The first-order chi connectivity index (χ1) is 12.0. The number of carbonyl (C=O) groups excluding carboxylic acids is 1. The third-order valence-corrected chi connectivity index (χ3v) is 4.97. The van der Waals surface area contributed by atoms with Crippen LogP contribution in [-0.4, -0.2) is 21.7 Å². The van der Waals surface area contributed by atoms with Crippen molar-refractivity contribution in [3.8, 4) is 11.3 Å². The molecule has 0 spiro atoms. The zero-order chi connectivity index (χ0) is 17.8. The Morgan fingerprint density at radius 3 is 2.60 bits per heavy atom. The third kappa shape index (κ3) is 4.35. The molecule has 1 aromatic heterocycles. The van der Waals surface area contributed by atoms with Gasteiger partial charge in [-0.25, -0.2) is 4.68 Å². The van der Waals surface area contributed by atoms with Crippen LogP contribution in [0.4, 0.5) is 0 Å². The van der Waals surface area contributed by atoms with E-state index in [0.29, 0.717) is 11.6 Å². The Kier molecular flexibility index (Phi) is 5.31. The van der Waals surface area contributed by atoms with E-state index in [-0.39, 0.29) is 24.1 Å². The van der Waals surface area contributed by atoms with Crippen LogP contribution >= 0.6 is 0 Å². The molecule has 1 N–H and O–H groups in total. The molecule has 1 aromatic carbocycles. The molecule has 1 heterocycles. The van der Waals surface area contributed by atoms with Gasteiger partial charge in [-0.15, -0.1) is 0 Å². The highest BCUT2D eigenvalue weighted by atomic mass is 16.2. The second-order valence-electron chi connectivity index (χ2n) is 7.02. The highest BCUT2D eigenvalue weighted by Crippen LogP contribution is 2.23. The van der Waals surface area contributed by atoms with Crippen LogP contribution in [0.5, 0.6) is 0 Å². The summed E-state index contributed by atoms with van der Waals surface area (Å²) in [5.41, 5.74) is 2.53. The molecule has 0 saturated heterocycles. The molecule has 0 bridgehead atoms. The summed E-state index contributed by atoms with van der Waals surface area (Å²) in [6.45, 7) is 4.16. The number of amides is 1. The molecule has 5 nitrogen and oxygen atoms in total. The molecule has 1 amide bonds. The summed E-state index contributed by atoms with van der Waals surface area (Å²) >= 11 is 0. The number of aryl methyl sites for hydroxylation is 1. The van der Waals surface area contributed by atoms with E-state index in [0.717, 1.165) is 30.4 Å². The molecular formula is C20H25N3O2. The van der Waals surface area contributed by atoms with Gasteiger partial charge in [-0.2, -0.15) is 5.10 Å². The van der Waals surface area contributed by atoms with Crippen molar-refractivity contribution in [2.45, 2.75) is 52.1 Å². The summed E-state index contributed by atoms with van der Waals surface area (Å²) in [5, 5.41) is 7.44. The molecule has 25 heavy (non-hydrogen) atoms. The van der Waals surface area contributed by atoms with E-state index in [2.05, 4.69) is 17.3 Å². The van der Waals surface area contributed by atoms with Crippen molar-refractivity contribution in [2.24, 2.45) is 5.92 Å². The molecule has 0 unspecified atom stereocenters. The van der Waals surface area contributed by atoms with Crippen LogP contribution in [0.2, 0.25) is 0 Å². The van der Waals surface area contributed by atoms with E-state index in [1.807, 2.05) is 31.2 Å². The molecular weight excluding hydrogens is 314 g/mol. The molecule has 2 aromatic rings. The summed E-state index contributed by atoms with van der Waals surface area (Å²) in [4.78, 5) is 24.4. The molecule has 0 radical (unpaired) electrons. The topological polar surface area (TPSA) is 64.0 Å². The van der Waals surface area contributed by atoms with Gasteiger partial charge in [0.2, 0.25) is 5.91 Å². The van der Waals surface area contributed by atoms with E-state index in [1.165, 1.54) is 17.2 Å². The predicted molar refractivity (Wildman–Crippen MR) is 98.2 cm³/mol. The number of aromatic nitrogens is 2. The molecule has 1 aliphatic carbocycles. The highest BCUT2D eigenvalue weighted by Gasteiger charge is 2.23. The van der Waals surface area contributed by atoms with E-state index >= 15 is 0 Å². The molecule has 3 rings (SSSR count). The van der Waals surface area contributed by atoms with E-state index in [1.54, 1.807) is 6.07 Å². The van der Waals surface area contributed by atoms with Crippen LogP contribution < -0.4 is 10.9 Å². The van der Waals surface area contributed by atoms with Crippen LogP contribution in [0.25, 0.3) is 11.3 Å². The maximum Gasteiger partial charge on any atom is 0.267 e. The Morgan fingerprint density at radius 2 is 1.88 bits per heavy atom. The minimum Gasteiger partial charge on any atom is -0.351 e. The fraction of sp³-hybridized carbons (Fsp3) is 0.450. The van der Waals surface area contributed by atoms with Gasteiger partial charge in [0.15, 0.2) is 0 Å². The predicted octanol–water partition coefficient (Wildman–Crippen LogP) is 2.91. The monoisotopic (exact) mass is 339 g/mol. The number of hydrogen-bond acceptors (Lipinski definition) is 3. The summed E-state index contributed by atoms with van der Waals surface area (Å²) < 4.78 is 1.25. The standard InChI is InChI=1S/C20H25N3O2/c1-14-7-9-16(10-8-14)18-11-12-20(25)23(22-18)13-19(24)21-17-6-4-3-5-15(17)2/h7-12,15,17H,3-6,13H2,1-2H3,(H,21,24)/t15-,17-/m1/s1. The van der Waals surface area contributed by atoms with E-state index in [4.69, 9.17) is 0 Å². The Morgan fingerprint density at radius 1 is 1.16 bits per heavy atom. The van der Waals surface area contributed by atoms with Crippen molar-refractivity contribution in [3.05, 3.63) is 52.3 Å². The Balaban J connectivity index is 1.73. The van der Waals surface area contributed by atoms with Gasteiger partial charge in [0.1, 0.15) is 6.54 Å². The lowest BCUT2D eigenvalue weighted by molar-refractivity contribution is -0.123. The molecule has 1 aliphatic rings. The quantitative estimate of drug-likeness (QED) is 0.931. The fourth-order valence-electron chi connectivity index (χ4n) is 3.36. The maximum absolute atomic E-state index is 12.4. The van der Waals surface area contributed by atoms with Gasteiger partial charge in [-0.05, 0) is 31.7 Å². The van der Waals surface area contributed by atoms with Gasteiger partial charge >= 0.3 is 0 Å². The summed E-state index contributed by atoms with van der Waals surface area (Å²) in [6.07, 6.45) is 4.54. The number of carbonyl (C=O) groups is 1. The van der Waals surface area contributed by atoms with Crippen LogP contribution in [-0.2, 0) is 11.3 Å². The number of hydrogen-bond donors (Lipinski definition) is 1. The number of nitrogens with zero attached hydrogens (tertiary/aromatic N) is 2. The lowest BCUT2D eigenvalue weighted by atomic mass is 9.86. The first-order valence-corrected chi connectivity index (χ1v) is 8.97. The van der Waals surface area contributed by atoms with Crippen molar-refractivity contribution in [3.63, 3.8) is 0 Å². The number of nitrogens with one attached hydrogen (secondary N) is 1. The molecule has 132 valence electrons. The van der Waals surface area contributed by atoms with Crippen LogP contribution in [0.3, 0.4) is 0 Å². The van der Waals surface area contributed by atoms with Gasteiger partial charge in [0.25, 0.3) is 5.56 Å². The first kappa shape index (κ1) is 17.4. The average Bonchev–Trinajstić information content (AvgIpc) is 2.60. The molecule has 1 saturated carbocycles. The number of benzene rings is 1. The molecule has 2 atom stereocenters. The molecule has 5 heteroatoms. The molecule has 0 aliphatic heterocycles. The van der Waals surface area contributed by atoms with Crippen molar-refractivity contribution < 1.29 is 4.79 Å². The second kappa shape index (κ2) is 7.64. The summed E-state index contributed by atoms with van der Waals surface area (Å²) in [5.74, 6) is 0.343. The van der Waals surface area contributed by atoms with Gasteiger partial charge in [0, 0.05) is 17.7 Å². The van der Waals surface area contributed by atoms with Gasteiger partial charge in [0.05, 0.1) is 5.69 Å². The minimum atomic E-state index is -0.261. The zero-order valence-electron chi connectivity index (χ0n) is 14.9. The maximum atomic E-state index is 12.4. The lowest BCUT2D eigenvalue weighted by Gasteiger charge is -2.29. The van der Waals surface area contributed by atoms with E-state index in [9.17, 15) is 9.59 Å². The SMILES string of the molecule is Cc1ccc(-c2ccc(=O)n(CC(=O)N[C@@H]3CCCC[C@H]3C)n2)cc1. The second-order valence-corrected chi connectivity index (χ2v) is 7.02. The van der Waals surface area contributed by atoms with Crippen molar-refractivity contribution in [1.82, 2.24) is 15.1 Å². The number of rotatable bonds is 4. The Bertz CT molecular complexity index is 795. The summed E-state index contributed by atoms with van der Waals surface area (Å²) in [7, 11) is 0. The third-order valence-electron chi connectivity index (χ3n) is 4.97. The van der Waals surface area contributed by atoms with Crippen molar-refractivity contribution in [1.29, 1.82) is 0 Å². The smallest absolute Gasteiger partial charge is 0.267 e. The minimum absolute atomic E-state index is 0.0399. The Labute approximate surface area is 148 Å². The van der Waals surface area contributed by atoms with Gasteiger partial charge in [-0.3, -0.25) is 9.59 Å².